The van der Waals surface area contributed by atoms with Gasteiger partial charge in [0, 0.05) is 5.69 Å². The molecule has 2 rings (SSSR count). The van der Waals surface area contributed by atoms with E-state index in [0.717, 1.165) is 17.7 Å². The van der Waals surface area contributed by atoms with Gasteiger partial charge >= 0.3 is 0 Å². The maximum atomic E-state index is 13.0. The first-order chi connectivity index (χ1) is 9.10. The topological polar surface area (TPSA) is 12.0 Å². The van der Waals surface area contributed by atoms with Crippen molar-refractivity contribution in [1.82, 2.24) is 0 Å². The van der Waals surface area contributed by atoms with E-state index < -0.39 is 0 Å². The third-order valence-corrected chi connectivity index (χ3v) is 3.39. The van der Waals surface area contributed by atoms with Gasteiger partial charge in [0.15, 0.2) is 0 Å². The summed E-state index contributed by atoms with van der Waals surface area (Å²) in [4.78, 5) is 0. The fourth-order valence-corrected chi connectivity index (χ4v) is 2.28. The van der Waals surface area contributed by atoms with Crippen molar-refractivity contribution in [3.8, 4) is 0 Å². The first-order valence-corrected chi connectivity index (χ1v) is 6.69. The molecule has 0 aliphatic heterocycles. The molecule has 0 bridgehead atoms. The number of anilines is 1. The molecule has 0 saturated heterocycles. The molecule has 1 N–H and O–H groups in total. The maximum absolute atomic E-state index is 13.0. The van der Waals surface area contributed by atoms with Gasteiger partial charge in [-0.25, -0.2) is 4.39 Å². The fourth-order valence-electron chi connectivity index (χ4n) is 2.28. The van der Waals surface area contributed by atoms with Crippen LogP contribution in [-0.2, 0) is 0 Å². The summed E-state index contributed by atoms with van der Waals surface area (Å²) in [6, 6.07) is 13.3. The van der Waals surface area contributed by atoms with Gasteiger partial charge < -0.3 is 5.32 Å². The van der Waals surface area contributed by atoms with Gasteiger partial charge in [-0.15, -0.1) is 0 Å². The number of aryl methyl sites for hydroxylation is 2. The Morgan fingerprint density at radius 3 is 2.32 bits per heavy atom. The maximum Gasteiger partial charge on any atom is 0.123 e. The van der Waals surface area contributed by atoms with Crippen molar-refractivity contribution in [2.24, 2.45) is 0 Å². The van der Waals surface area contributed by atoms with Crippen LogP contribution in [0.5, 0.6) is 0 Å². The summed E-state index contributed by atoms with van der Waals surface area (Å²) in [5.74, 6) is -0.190. The van der Waals surface area contributed by atoms with Crippen LogP contribution >= 0.6 is 0 Å². The molecule has 1 atom stereocenters. The molecule has 100 valence electrons. The molecule has 1 unspecified atom stereocenters. The Hall–Kier alpha value is -1.83. The molecule has 0 aromatic heterocycles. The number of benzene rings is 2. The van der Waals surface area contributed by atoms with Crippen LogP contribution in [-0.4, -0.2) is 0 Å². The third-order valence-electron chi connectivity index (χ3n) is 3.39. The molecule has 0 heterocycles. The first kappa shape index (κ1) is 13.6. The van der Waals surface area contributed by atoms with Crippen molar-refractivity contribution in [2.45, 2.75) is 33.2 Å². The molecule has 1 nitrogen and oxygen atoms in total. The highest BCUT2D eigenvalue weighted by Crippen LogP contribution is 2.25. The highest BCUT2D eigenvalue weighted by atomic mass is 19.1. The second kappa shape index (κ2) is 5.87. The van der Waals surface area contributed by atoms with Gasteiger partial charge in [-0.2, -0.15) is 0 Å². The van der Waals surface area contributed by atoms with Crippen LogP contribution in [0.25, 0.3) is 0 Å². The van der Waals surface area contributed by atoms with Crippen LogP contribution in [0.3, 0.4) is 0 Å². The van der Waals surface area contributed by atoms with Crippen LogP contribution in [0.15, 0.2) is 42.5 Å². The van der Waals surface area contributed by atoms with Crippen molar-refractivity contribution in [2.75, 3.05) is 5.32 Å². The second-order valence-corrected chi connectivity index (χ2v) is 4.98. The zero-order valence-electron chi connectivity index (χ0n) is 11.7. The fraction of sp³-hybridized carbons (Fsp3) is 0.294. The first-order valence-electron chi connectivity index (χ1n) is 6.69. The number of hydrogen-bond acceptors (Lipinski definition) is 1. The van der Waals surface area contributed by atoms with Crippen molar-refractivity contribution >= 4 is 5.69 Å². The van der Waals surface area contributed by atoms with E-state index in [1.807, 2.05) is 12.1 Å². The monoisotopic (exact) mass is 257 g/mol. The summed E-state index contributed by atoms with van der Waals surface area (Å²) in [6.45, 7) is 6.32. The summed E-state index contributed by atoms with van der Waals surface area (Å²) in [7, 11) is 0. The number of hydrogen-bond donors (Lipinski definition) is 1. The van der Waals surface area contributed by atoms with Crippen LogP contribution < -0.4 is 5.32 Å². The third kappa shape index (κ3) is 3.34. The van der Waals surface area contributed by atoms with E-state index >= 15 is 0 Å². The van der Waals surface area contributed by atoms with Gasteiger partial charge in [-0.3, -0.25) is 0 Å². The molecule has 19 heavy (non-hydrogen) atoms. The van der Waals surface area contributed by atoms with Gasteiger partial charge in [0.1, 0.15) is 5.82 Å². The molecular formula is C17H20FN. The van der Waals surface area contributed by atoms with Crippen molar-refractivity contribution in [3.63, 3.8) is 0 Å². The van der Waals surface area contributed by atoms with Crippen LogP contribution in [0.2, 0.25) is 0 Å². The van der Waals surface area contributed by atoms with Crippen LogP contribution in [0.1, 0.15) is 36.1 Å². The molecule has 2 aromatic rings. The Morgan fingerprint density at radius 1 is 1.05 bits per heavy atom. The van der Waals surface area contributed by atoms with E-state index in [2.05, 4.69) is 44.3 Å². The lowest BCUT2D eigenvalue weighted by Gasteiger charge is -2.20. The van der Waals surface area contributed by atoms with Gasteiger partial charge in [-0.05, 0) is 49.6 Å². The Balaban J connectivity index is 2.21. The van der Waals surface area contributed by atoms with E-state index in [-0.39, 0.29) is 11.9 Å². The van der Waals surface area contributed by atoms with E-state index in [0.29, 0.717) is 0 Å². The Morgan fingerprint density at radius 2 is 1.74 bits per heavy atom. The minimum absolute atomic E-state index is 0.190. The van der Waals surface area contributed by atoms with Crippen molar-refractivity contribution in [3.05, 3.63) is 65.0 Å². The van der Waals surface area contributed by atoms with Crippen LogP contribution in [0, 0.1) is 19.7 Å². The van der Waals surface area contributed by atoms with Gasteiger partial charge in [0.25, 0.3) is 0 Å². The Labute approximate surface area is 114 Å². The number of halogens is 1. The lowest BCUT2D eigenvalue weighted by Crippen LogP contribution is -2.10. The lowest BCUT2D eigenvalue weighted by molar-refractivity contribution is 0.625. The quantitative estimate of drug-likeness (QED) is 0.812. The molecule has 0 spiro atoms. The summed E-state index contributed by atoms with van der Waals surface area (Å²) in [5.41, 5.74) is 4.75. The smallest absolute Gasteiger partial charge is 0.123 e. The lowest BCUT2D eigenvalue weighted by atomic mass is 10.0. The average Bonchev–Trinajstić information content (AvgIpc) is 2.39. The molecule has 2 aromatic carbocycles. The molecule has 0 amide bonds. The molecule has 0 aliphatic carbocycles. The normalized spacial score (nSPS) is 12.2. The predicted molar refractivity (Wildman–Crippen MR) is 79.0 cm³/mol. The highest BCUT2D eigenvalue weighted by molar-refractivity contribution is 5.53. The van der Waals surface area contributed by atoms with Gasteiger partial charge in [0.05, 0.1) is 6.04 Å². The van der Waals surface area contributed by atoms with E-state index in [1.165, 1.54) is 23.3 Å². The van der Waals surface area contributed by atoms with E-state index in [4.69, 9.17) is 0 Å². The van der Waals surface area contributed by atoms with Crippen LogP contribution in [0.4, 0.5) is 10.1 Å². The zero-order chi connectivity index (χ0) is 13.8. The summed E-state index contributed by atoms with van der Waals surface area (Å²) in [5, 5.41) is 3.54. The SMILES string of the molecule is CCC(Nc1ccc(C)cc1C)c1ccc(F)cc1. The predicted octanol–water partition coefficient (Wildman–Crippen LogP) is 5.01. The van der Waals surface area contributed by atoms with E-state index in [1.54, 1.807) is 0 Å². The molecule has 0 fully saturated rings. The molecule has 2 heteroatoms. The molecule has 0 saturated carbocycles. The zero-order valence-corrected chi connectivity index (χ0v) is 11.7. The Bertz CT molecular complexity index is 546. The summed E-state index contributed by atoms with van der Waals surface area (Å²) >= 11 is 0. The highest BCUT2D eigenvalue weighted by Gasteiger charge is 2.10. The molecular weight excluding hydrogens is 237 g/mol. The van der Waals surface area contributed by atoms with Crippen molar-refractivity contribution < 1.29 is 4.39 Å². The number of rotatable bonds is 4. The summed E-state index contributed by atoms with van der Waals surface area (Å²) < 4.78 is 13.0. The molecule has 0 aliphatic rings. The van der Waals surface area contributed by atoms with Gasteiger partial charge in [-0.1, -0.05) is 36.8 Å². The average molecular weight is 257 g/mol. The number of nitrogens with one attached hydrogen (secondary N) is 1. The Kier molecular flexibility index (Phi) is 4.20. The van der Waals surface area contributed by atoms with Gasteiger partial charge in [0.2, 0.25) is 0 Å². The minimum Gasteiger partial charge on any atom is -0.378 e. The largest absolute Gasteiger partial charge is 0.378 e. The summed E-state index contributed by atoms with van der Waals surface area (Å²) in [6.07, 6.45) is 0.957. The van der Waals surface area contributed by atoms with E-state index in [9.17, 15) is 4.39 Å². The minimum atomic E-state index is -0.190. The standard InChI is InChI=1S/C17H20FN/c1-4-16(14-6-8-15(18)9-7-14)19-17-10-5-12(2)11-13(17)3/h5-11,16,19H,4H2,1-3H3. The second-order valence-electron chi connectivity index (χ2n) is 4.98. The van der Waals surface area contributed by atoms with Crippen molar-refractivity contribution in [1.29, 1.82) is 0 Å². The molecule has 0 radical (unpaired) electrons.